The zero-order chi connectivity index (χ0) is 9.45. The first kappa shape index (κ1) is 15.5. The maximum Gasteiger partial charge on any atom is 0.0966 e. The summed E-state index contributed by atoms with van der Waals surface area (Å²) in [4.78, 5) is 0. The van der Waals surface area contributed by atoms with Crippen LogP contribution in [0.5, 0.6) is 0 Å². The number of nitrogens with zero attached hydrogens (tertiary/aromatic N) is 1. The van der Waals surface area contributed by atoms with Crippen molar-refractivity contribution in [2.45, 2.75) is 32.6 Å². The van der Waals surface area contributed by atoms with Crippen LogP contribution in [0.25, 0.3) is 0 Å². The quantitative estimate of drug-likeness (QED) is 0.308. The molecular formula is C11H24ClN. The van der Waals surface area contributed by atoms with Gasteiger partial charge in [0.05, 0.1) is 27.2 Å². The van der Waals surface area contributed by atoms with Crippen molar-refractivity contribution in [3.63, 3.8) is 0 Å². The van der Waals surface area contributed by atoms with Crippen LogP contribution in [0, 0.1) is 0 Å². The summed E-state index contributed by atoms with van der Waals surface area (Å²) < 4.78 is 1.09. The molecule has 0 saturated heterocycles. The summed E-state index contributed by atoms with van der Waals surface area (Å²) in [5, 5.41) is 0. The summed E-state index contributed by atoms with van der Waals surface area (Å²) in [7, 11) is 4.54. The maximum absolute atomic E-state index is 3.77. The molecule has 80 valence electrons. The fraction of sp³-hybridized carbons (Fsp3) is 0.818. The van der Waals surface area contributed by atoms with Gasteiger partial charge in [0.1, 0.15) is 0 Å². The fourth-order valence-electron chi connectivity index (χ4n) is 1.41. The predicted molar refractivity (Wildman–Crippen MR) is 56.2 cm³/mol. The van der Waals surface area contributed by atoms with Crippen molar-refractivity contribution in [3.05, 3.63) is 12.7 Å². The van der Waals surface area contributed by atoms with Crippen molar-refractivity contribution in [3.8, 4) is 0 Å². The Labute approximate surface area is 89.8 Å². The molecule has 13 heavy (non-hydrogen) atoms. The number of hydrogen-bond donors (Lipinski definition) is 0. The number of likely N-dealkylation sites (N-methyl/N-ethyl adjacent to an activating group) is 1. The molecule has 0 rings (SSSR count). The lowest BCUT2D eigenvalue weighted by molar-refractivity contribution is -0.884. The minimum Gasteiger partial charge on any atom is -1.00 e. The van der Waals surface area contributed by atoms with E-state index >= 15 is 0 Å². The van der Waals surface area contributed by atoms with E-state index in [1.54, 1.807) is 0 Å². The third-order valence-electron chi connectivity index (χ3n) is 2.24. The normalized spacial score (nSPS) is 10.7. The van der Waals surface area contributed by atoms with Gasteiger partial charge >= 0.3 is 0 Å². The average molecular weight is 206 g/mol. The zero-order valence-electron chi connectivity index (χ0n) is 9.35. The van der Waals surface area contributed by atoms with Crippen molar-refractivity contribution in [1.82, 2.24) is 0 Å². The van der Waals surface area contributed by atoms with E-state index < -0.39 is 0 Å². The summed E-state index contributed by atoms with van der Waals surface area (Å²) in [5.41, 5.74) is 0. The highest BCUT2D eigenvalue weighted by Gasteiger charge is 2.10. The molecule has 0 aliphatic carbocycles. The molecule has 0 saturated carbocycles. The Morgan fingerprint density at radius 1 is 1.15 bits per heavy atom. The second-order valence-electron chi connectivity index (χ2n) is 4.19. The summed E-state index contributed by atoms with van der Waals surface area (Å²) in [5.74, 6) is 0. The average Bonchev–Trinajstić information content (AvgIpc) is 1.98. The van der Waals surface area contributed by atoms with Gasteiger partial charge in [0.25, 0.3) is 0 Å². The van der Waals surface area contributed by atoms with Crippen LogP contribution in [0.1, 0.15) is 32.6 Å². The highest BCUT2D eigenvalue weighted by atomic mass is 35.5. The molecule has 0 atom stereocenters. The fourth-order valence-corrected chi connectivity index (χ4v) is 1.41. The molecule has 0 fully saturated rings. The summed E-state index contributed by atoms with van der Waals surface area (Å²) in [6.07, 6.45) is 7.47. The van der Waals surface area contributed by atoms with Crippen molar-refractivity contribution in [1.29, 1.82) is 0 Å². The molecule has 0 radical (unpaired) electrons. The molecule has 0 aromatic heterocycles. The molecule has 0 spiro atoms. The molecule has 0 aliphatic rings. The molecule has 0 N–H and O–H groups in total. The van der Waals surface area contributed by atoms with Crippen LogP contribution < -0.4 is 12.4 Å². The number of hydrogen-bond acceptors (Lipinski definition) is 0. The predicted octanol–water partition coefficient (Wildman–Crippen LogP) is -0.167. The molecular weight excluding hydrogens is 182 g/mol. The Morgan fingerprint density at radius 3 is 2.23 bits per heavy atom. The van der Waals surface area contributed by atoms with Gasteiger partial charge in [-0.3, -0.25) is 0 Å². The van der Waals surface area contributed by atoms with Crippen molar-refractivity contribution < 1.29 is 16.9 Å². The van der Waals surface area contributed by atoms with Crippen molar-refractivity contribution in [2.24, 2.45) is 0 Å². The molecule has 0 aromatic rings. The first-order valence-electron chi connectivity index (χ1n) is 5.05. The van der Waals surface area contributed by atoms with Crippen LogP contribution in [0.15, 0.2) is 12.7 Å². The summed E-state index contributed by atoms with van der Waals surface area (Å²) >= 11 is 0. The molecule has 0 aliphatic heterocycles. The number of rotatable bonds is 7. The van der Waals surface area contributed by atoms with E-state index in [-0.39, 0.29) is 12.4 Å². The highest BCUT2D eigenvalue weighted by Crippen LogP contribution is 2.04. The second kappa shape index (κ2) is 8.58. The second-order valence-corrected chi connectivity index (χ2v) is 4.19. The molecule has 0 bridgehead atoms. The van der Waals surface area contributed by atoms with Crippen LogP contribution >= 0.6 is 0 Å². The standard InChI is InChI=1S/C11H24N.ClH/c1-5-7-8-9-11-12(3,4)10-6-2;/h6H,2,5,7-11H2,1,3-4H3;1H/q+1;/p-1. The van der Waals surface area contributed by atoms with Crippen LogP contribution in [0.4, 0.5) is 0 Å². The first-order chi connectivity index (χ1) is 5.62. The molecule has 1 nitrogen and oxygen atoms in total. The van der Waals surface area contributed by atoms with E-state index in [4.69, 9.17) is 0 Å². The Balaban J connectivity index is 0. The van der Waals surface area contributed by atoms with Gasteiger partial charge < -0.3 is 16.9 Å². The van der Waals surface area contributed by atoms with E-state index in [9.17, 15) is 0 Å². The third-order valence-corrected chi connectivity index (χ3v) is 2.24. The van der Waals surface area contributed by atoms with Crippen LogP contribution in [0.3, 0.4) is 0 Å². The third kappa shape index (κ3) is 9.91. The minimum absolute atomic E-state index is 0. The van der Waals surface area contributed by atoms with Gasteiger partial charge in [-0.2, -0.15) is 0 Å². The number of halogens is 1. The molecule has 0 heterocycles. The lowest BCUT2D eigenvalue weighted by Gasteiger charge is -2.28. The number of unbranched alkanes of at least 4 members (excludes halogenated alkanes) is 3. The first-order valence-corrected chi connectivity index (χ1v) is 5.05. The lowest BCUT2D eigenvalue weighted by atomic mass is 10.2. The van der Waals surface area contributed by atoms with Crippen LogP contribution in [-0.4, -0.2) is 31.7 Å². The summed E-state index contributed by atoms with van der Waals surface area (Å²) in [6.45, 7) is 8.40. The van der Waals surface area contributed by atoms with E-state index in [0.29, 0.717) is 0 Å². The largest absolute Gasteiger partial charge is 1.00 e. The minimum atomic E-state index is 0. The Bertz CT molecular complexity index is 121. The Morgan fingerprint density at radius 2 is 1.77 bits per heavy atom. The topological polar surface area (TPSA) is 0 Å². The van der Waals surface area contributed by atoms with Crippen molar-refractivity contribution >= 4 is 0 Å². The van der Waals surface area contributed by atoms with E-state index in [1.165, 1.54) is 32.2 Å². The molecule has 0 amide bonds. The van der Waals surface area contributed by atoms with Gasteiger partial charge in [0, 0.05) is 0 Å². The lowest BCUT2D eigenvalue weighted by Crippen LogP contribution is -3.00. The van der Waals surface area contributed by atoms with E-state index in [0.717, 1.165) is 11.0 Å². The summed E-state index contributed by atoms with van der Waals surface area (Å²) in [6, 6.07) is 0. The number of quaternary nitrogens is 1. The van der Waals surface area contributed by atoms with Gasteiger partial charge in [-0.1, -0.05) is 26.3 Å². The smallest absolute Gasteiger partial charge is 0.0966 e. The molecule has 0 unspecified atom stereocenters. The monoisotopic (exact) mass is 205 g/mol. The van der Waals surface area contributed by atoms with E-state index in [2.05, 4.69) is 27.6 Å². The van der Waals surface area contributed by atoms with Gasteiger partial charge in [-0.25, -0.2) is 0 Å². The van der Waals surface area contributed by atoms with Gasteiger partial charge in [0.2, 0.25) is 0 Å². The highest BCUT2D eigenvalue weighted by molar-refractivity contribution is 4.64. The van der Waals surface area contributed by atoms with Crippen LogP contribution in [-0.2, 0) is 0 Å². The Kier molecular flexibility index (Phi) is 10.2. The molecule has 0 aromatic carbocycles. The van der Waals surface area contributed by atoms with Crippen molar-refractivity contribution in [2.75, 3.05) is 27.2 Å². The maximum atomic E-state index is 3.77. The van der Waals surface area contributed by atoms with Gasteiger partial charge in [-0.15, -0.1) is 0 Å². The van der Waals surface area contributed by atoms with E-state index in [1.807, 2.05) is 6.08 Å². The van der Waals surface area contributed by atoms with Crippen LogP contribution in [0.2, 0.25) is 0 Å². The SMILES string of the molecule is C=CC[N+](C)(C)CCCCCC.[Cl-]. The molecule has 2 heteroatoms. The van der Waals surface area contributed by atoms with Gasteiger partial charge in [0.15, 0.2) is 0 Å². The van der Waals surface area contributed by atoms with Gasteiger partial charge in [-0.05, 0) is 18.9 Å². The Hall–Kier alpha value is -0.0100. The zero-order valence-corrected chi connectivity index (χ0v) is 10.1.